The molecule has 0 bridgehead atoms. The van der Waals surface area contributed by atoms with E-state index in [1.165, 1.54) is 0 Å². The van der Waals surface area contributed by atoms with Crippen molar-refractivity contribution >= 4 is 17.6 Å². The number of piperidine rings is 1. The SMILES string of the molecule is Nc1n[nH]c(C(=O)N2CCC3(CC2)NCCNC3=O)c1-c1ccccc1. The van der Waals surface area contributed by atoms with Crippen molar-refractivity contribution in [1.29, 1.82) is 0 Å². The normalized spacial score (nSPS) is 19.4. The highest BCUT2D eigenvalue weighted by molar-refractivity contribution is 6.01. The average molecular weight is 354 g/mol. The van der Waals surface area contributed by atoms with Crippen LogP contribution >= 0.6 is 0 Å². The van der Waals surface area contributed by atoms with Gasteiger partial charge in [0.05, 0.1) is 5.56 Å². The second-order valence-electron chi connectivity index (χ2n) is 6.78. The Labute approximate surface area is 151 Å². The molecule has 0 atom stereocenters. The number of likely N-dealkylation sites (tertiary alicyclic amines) is 1. The van der Waals surface area contributed by atoms with Gasteiger partial charge in [-0.25, -0.2) is 0 Å². The number of nitrogen functional groups attached to an aromatic ring is 1. The summed E-state index contributed by atoms with van der Waals surface area (Å²) in [6.45, 7) is 2.42. The smallest absolute Gasteiger partial charge is 0.272 e. The van der Waals surface area contributed by atoms with Crippen LogP contribution in [0.2, 0.25) is 0 Å². The monoisotopic (exact) mass is 354 g/mol. The number of nitrogens with one attached hydrogen (secondary N) is 3. The highest BCUT2D eigenvalue weighted by Crippen LogP contribution is 2.30. The zero-order chi connectivity index (χ0) is 18.1. The molecule has 1 aromatic heterocycles. The summed E-state index contributed by atoms with van der Waals surface area (Å²) in [5.74, 6) is 0.201. The van der Waals surface area contributed by atoms with Gasteiger partial charge in [0.15, 0.2) is 5.82 Å². The third kappa shape index (κ3) is 2.72. The molecular weight excluding hydrogens is 332 g/mol. The van der Waals surface area contributed by atoms with E-state index in [-0.39, 0.29) is 11.8 Å². The van der Waals surface area contributed by atoms with Gasteiger partial charge in [-0.3, -0.25) is 14.7 Å². The number of anilines is 1. The molecular formula is C18H22N6O2. The lowest BCUT2D eigenvalue weighted by molar-refractivity contribution is -0.131. The van der Waals surface area contributed by atoms with Gasteiger partial charge in [-0.15, -0.1) is 0 Å². The van der Waals surface area contributed by atoms with Crippen molar-refractivity contribution in [2.75, 3.05) is 31.9 Å². The number of hydrogen-bond donors (Lipinski definition) is 4. The first kappa shape index (κ1) is 16.6. The Morgan fingerprint density at radius 3 is 2.58 bits per heavy atom. The lowest BCUT2D eigenvalue weighted by atomic mass is 9.85. The molecule has 4 rings (SSSR count). The molecule has 5 N–H and O–H groups in total. The van der Waals surface area contributed by atoms with Gasteiger partial charge in [0.25, 0.3) is 5.91 Å². The molecule has 0 radical (unpaired) electrons. The number of nitrogens with zero attached hydrogens (tertiary/aromatic N) is 2. The van der Waals surface area contributed by atoms with Crippen molar-refractivity contribution in [2.45, 2.75) is 18.4 Å². The summed E-state index contributed by atoms with van der Waals surface area (Å²) < 4.78 is 0. The van der Waals surface area contributed by atoms with Crippen LogP contribution in [0.1, 0.15) is 23.3 Å². The molecule has 2 saturated heterocycles. The summed E-state index contributed by atoms with van der Waals surface area (Å²) in [4.78, 5) is 27.0. The van der Waals surface area contributed by atoms with E-state index in [1.54, 1.807) is 4.90 Å². The fourth-order valence-corrected chi connectivity index (χ4v) is 3.79. The summed E-state index contributed by atoms with van der Waals surface area (Å²) in [5.41, 5.74) is 7.32. The van der Waals surface area contributed by atoms with Crippen LogP contribution in [0.3, 0.4) is 0 Å². The number of nitrogens with two attached hydrogens (primary N) is 1. The van der Waals surface area contributed by atoms with E-state index in [2.05, 4.69) is 20.8 Å². The van der Waals surface area contributed by atoms with Gasteiger partial charge in [0.1, 0.15) is 11.2 Å². The maximum Gasteiger partial charge on any atom is 0.272 e. The van der Waals surface area contributed by atoms with E-state index in [9.17, 15) is 9.59 Å². The molecule has 1 spiro atoms. The Morgan fingerprint density at radius 1 is 1.15 bits per heavy atom. The first-order valence-electron chi connectivity index (χ1n) is 8.83. The number of rotatable bonds is 2. The minimum Gasteiger partial charge on any atom is -0.382 e. The second kappa shape index (κ2) is 6.45. The van der Waals surface area contributed by atoms with Gasteiger partial charge < -0.3 is 21.3 Å². The van der Waals surface area contributed by atoms with Gasteiger partial charge in [0.2, 0.25) is 5.91 Å². The molecule has 2 aromatic rings. The second-order valence-corrected chi connectivity index (χ2v) is 6.78. The number of aromatic amines is 1. The molecule has 136 valence electrons. The van der Waals surface area contributed by atoms with Crippen LogP contribution in [0.25, 0.3) is 11.1 Å². The van der Waals surface area contributed by atoms with Gasteiger partial charge in [0, 0.05) is 26.2 Å². The van der Waals surface area contributed by atoms with Gasteiger partial charge >= 0.3 is 0 Å². The zero-order valence-electron chi connectivity index (χ0n) is 14.4. The van der Waals surface area contributed by atoms with Gasteiger partial charge in [-0.2, -0.15) is 5.10 Å². The number of aromatic nitrogens is 2. The number of carbonyl (C=O) groups excluding carboxylic acids is 2. The van der Waals surface area contributed by atoms with Crippen LogP contribution in [-0.2, 0) is 4.79 Å². The Balaban J connectivity index is 1.54. The van der Waals surface area contributed by atoms with Crippen LogP contribution in [0.5, 0.6) is 0 Å². The molecule has 2 amide bonds. The molecule has 0 unspecified atom stereocenters. The first-order valence-corrected chi connectivity index (χ1v) is 8.83. The minimum atomic E-state index is -0.551. The third-order valence-electron chi connectivity index (χ3n) is 5.28. The van der Waals surface area contributed by atoms with Crippen molar-refractivity contribution in [3.8, 4) is 11.1 Å². The van der Waals surface area contributed by atoms with Crippen LogP contribution in [0.15, 0.2) is 30.3 Å². The quantitative estimate of drug-likeness (QED) is 0.621. The molecule has 0 aliphatic carbocycles. The number of H-pyrrole nitrogens is 1. The molecule has 3 heterocycles. The molecule has 2 aliphatic heterocycles. The number of piperazine rings is 1. The Kier molecular flexibility index (Phi) is 4.12. The maximum atomic E-state index is 13.0. The van der Waals surface area contributed by atoms with Crippen LogP contribution in [0.4, 0.5) is 5.82 Å². The van der Waals surface area contributed by atoms with E-state index >= 15 is 0 Å². The highest BCUT2D eigenvalue weighted by Gasteiger charge is 2.43. The molecule has 8 nitrogen and oxygen atoms in total. The van der Waals surface area contributed by atoms with Gasteiger partial charge in [-0.05, 0) is 18.4 Å². The average Bonchev–Trinajstić information content (AvgIpc) is 3.06. The van der Waals surface area contributed by atoms with Crippen LogP contribution < -0.4 is 16.4 Å². The topological polar surface area (TPSA) is 116 Å². The van der Waals surface area contributed by atoms with E-state index < -0.39 is 5.54 Å². The lowest BCUT2D eigenvalue weighted by Gasteiger charge is -2.43. The molecule has 2 aliphatic rings. The van der Waals surface area contributed by atoms with Crippen molar-refractivity contribution in [1.82, 2.24) is 25.7 Å². The number of carbonyl (C=O) groups is 2. The summed E-state index contributed by atoms with van der Waals surface area (Å²) in [6.07, 6.45) is 1.18. The van der Waals surface area contributed by atoms with E-state index in [4.69, 9.17) is 5.73 Å². The third-order valence-corrected chi connectivity index (χ3v) is 5.28. The van der Waals surface area contributed by atoms with Crippen LogP contribution in [0, 0.1) is 0 Å². The summed E-state index contributed by atoms with van der Waals surface area (Å²) >= 11 is 0. The number of benzene rings is 1. The fraction of sp³-hybridized carbons (Fsp3) is 0.389. The first-order chi connectivity index (χ1) is 12.6. The van der Waals surface area contributed by atoms with Crippen LogP contribution in [-0.4, -0.2) is 58.6 Å². The molecule has 8 heteroatoms. The Bertz CT molecular complexity index is 823. The molecule has 26 heavy (non-hydrogen) atoms. The predicted octanol–water partition coefficient (Wildman–Crippen LogP) is 0.353. The van der Waals surface area contributed by atoms with Crippen molar-refractivity contribution < 1.29 is 9.59 Å². The summed E-state index contributed by atoms with van der Waals surface area (Å²) in [6, 6.07) is 9.51. The largest absolute Gasteiger partial charge is 0.382 e. The van der Waals surface area contributed by atoms with E-state index in [0.29, 0.717) is 49.6 Å². The van der Waals surface area contributed by atoms with Crippen molar-refractivity contribution in [2.24, 2.45) is 0 Å². The predicted molar refractivity (Wildman–Crippen MR) is 97.3 cm³/mol. The fourth-order valence-electron chi connectivity index (χ4n) is 3.79. The standard InChI is InChI=1S/C18H22N6O2/c19-15-13(12-4-2-1-3-5-12)14(22-23-15)16(25)24-10-6-18(7-11-24)17(26)20-8-9-21-18/h1-5,21H,6-11H2,(H,20,26)(H3,19,22,23). The zero-order valence-corrected chi connectivity index (χ0v) is 14.4. The molecule has 2 fully saturated rings. The van der Waals surface area contributed by atoms with E-state index in [0.717, 1.165) is 12.1 Å². The van der Waals surface area contributed by atoms with E-state index in [1.807, 2.05) is 30.3 Å². The Morgan fingerprint density at radius 2 is 1.88 bits per heavy atom. The summed E-state index contributed by atoms with van der Waals surface area (Å²) in [7, 11) is 0. The highest BCUT2D eigenvalue weighted by atomic mass is 16.2. The lowest BCUT2D eigenvalue weighted by Crippen LogP contribution is -2.66. The number of amides is 2. The van der Waals surface area contributed by atoms with Gasteiger partial charge in [-0.1, -0.05) is 30.3 Å². The molecule has 0 saturated carbocycles. The minimum absolute atomic E-state index is 0.0339. The molecule has 1 aromatic carbocycles. The maximum absolute atomic E-state index is 13.0. The van der Waals surface area contributed by atoms with Crippen molar-refractivity contribution in [3.05, 3.63) is 36.0 Å². The number of hydrogen-bond acceptors (Lipinski definition) is 5. The summed E-state index contributed by atoms with van der Waals surface area (Å²) in [5, 5.41) is 13.1. The van der Waals surface area contributed by atoms with Crippen molar-refractivity contribution in [3.63, 3.8) is 0 Å². The Hall–Kier alpha value is -2.87.